The first-order valence-corrected chi connectivity index (χ1v) is 13.2. The molecule has 0 spiro atoms. The van der Waals surface area contributed by atoms with Crippen molar-refractivity contribution in [3.05, 3.63) is 34.1 Å². The Morgan fingerprint density at radius 3 is 1.33 bits per heavy atom. The number of aryl methyl sites for hydroxylation is 2. The first kappa shape index (κ1) is 31.9. The van der Waals surface area contributed by atoms with Gasteiger partial charge in [0, 0.05) is 0 Å². The van der Waals surface area contributed by atoms with Crippen LogP contribution in [0.3, 0.4) is 0 Å². The zero-order valence-electron chi connectivity index (χ0n) is 17.8. The van der Waals surface area contributed by atoms with E-state index in [0.717, 1.165) is 0 Å². The summed E-state index contributed by atoms with van der Waals surface area (Å²) in [6, 6.07) is 2.24. The van der Waals surface area contributed by atoms with Crippen molar-refractivity contribution in [2.75, 3.05) is 13.2 Å². The molecule has 142 valence electrons. The van der Waals surface area contributed by atoms with Gasteiger partial charge in [-0.3, -0.25) is 0 Å². The second kappa shape index (κ2) is 19.5. The third-order valence-electron chi connectivity index (χ3n) is 2.18. The molecule has 0 atom stereocenters. The van der Waals surface area contributed by atoms with E-state index >= 15 is 0 Å². The van der Waals surface area contributed by atoms with E-state index in [-0.39, 0.29) is 24.9 Å². The van der Waals surface area contributed by atoms with Crippen LogP contribution in [0.4, 0.5) is 0 Å². The van der Waals surface area contributed by atoms with E-state index in [1.54, 1.807) is 13.8 Å². The van der Waals surface area contributed by atoms with Gasteiger partial charge in [0.25, 0.3) is 0 Å². The second-order valence-electron chi connectivity index (χ2n) is 6.59. The number of hydrogen-bond acceptors (Lipinski definition) is 2. The fourth-order valence-electron chi connectivity index (χ4n) is 1.13. The number of nitrogens with one attached hydrogen (secondary N) is 1. The molecule has 0 radical (unpaired) electrons. The summed E-state index contributed by atoms with van der Waals surface area (Å²) in [4.78, 5) is 0. The molecule has 0 unspecified atom stereocenters. The Morgan fingerprint density at radius 2 is 1.29 bits per heavy atom. The van der Waals surface area contributed by atoms with E-state index in [1.807, 2.05) is 20.8 Å². The van der Waals surface area contributed by atoms with Crippen LogP contribution in [0.15, 0.2) is 6.07 Å². The minimum absolute atomic E-state index is 0. The average molecular weight is 389 g/mol. The molecule has 0 aromatic heterocycles. The van der Waals surface area contributed by atoms with Crippen LogP contribution in [-0.4, -0.2) is 24.9 Å². The zero-order chi connectivity index (χ0) is 20.5. The first-order chi connectivity index (χ1) is 10.7. The van der Waals surface area contributed by atoms with Gasteiger partial charge in [0.1, 0.15) is 0 Å². The van der Waals surface area contributed by atoms with Crippen LogP contribution in [-0.2, 0) is 19.2 Å². The van der Waals surface area contributed by atoms with Crippen LogP contribution in [0.25, 0.3) is 5.73 Å². The Bertz CT molecular complexity index is 376. The Morgan fingerprint density at radius 1 is 1.08 bits per heavy atom. The first-order valence-electron chi connectivity index (χ1n) is 8.32. The molecule has 0 aliphatic rings. The summed E-state index contributed by atoms with van der Waals surface area (Å²) in [5.74, 6) is 0. The number of hydrogen-bond donors (Lipinski definition) is 0. The predicted molar refractivity (Wildman–Crippen MR) is 104 cm³/mol. The summed E-state index contributed by atoms with van der Waals surface area (Å²) < 4.78 is 0. The second-order valence-corrected chi connectivity index (χ2v) is 13.3. The van der Waals surface area contributed by atoms with Gasteiger partial charge in [-0.1, -0.05) is 62.3 Å². The van der Waals surface area contributed by atoms with Gasteiger partial charge in [-0.2, -0.15) is 28.3 Å². The number of rotatable bonds is 0. The minimum Gasteiger partial charge on any atom is -0.199 e. The van der Waals surface area contributed by atoms with Gasteiger partial charge in [0.15, 0.2) is 0 Å². The maximum atomic E-state index is 8.93. The molecule has 0 aliphatic heterocycles. The summed E-state index contributed by atoms with van der Waals surface area (Å²) in [5, 5.41) is 17.9. The Kier molecular flexibility index (Phi) is 25.9. The summed E-state index contributed by atoms with van der Waals surface area (Å²) in [6.07, 6.45) is 0.120. The van der Waals surface area contributed by atoms with E-state index < -0.39 is 0 Å². The SMILES string of the molecule is CC(C)(C)[NH-].CC[O-].CC[O-].C[Si](C)=[Ti+2].Cc1c[c-](C)c(C)c1C. The van der Waals surface area contributed by atoms with Crippen molar-refractivity contribution in [2.45, 2.75) is 80.9 Å². The molecule has 0 heterocycles. The Labute approximate surface area is 163 Å². The third kappa shape index (κ3) is 38.0. The van der Waals surface area contributed by atoms with Crippen LogP contribution in [0, 0.1) is 27.7 Å². The van der Waals surface area contributed by atoms with Crippen molar-refractivity contribution in [3.63, 3.8) is 0 Å². The molecule has 5 heteroatoms. The largest absolute Gasteiger partial charge is 0.199 e. The van der Waals surface area contributed by atoms with Gasteiger partial charge < -0.3 is 15.9 Å². The van der Waals surface area contributed by atoms with Gasteiger partial charge in [0.05, 0.1) is 0 Å². The van der Waals surface area contributed by atoms with Crippen molar-refractivity contribution in [2.24, 2.45) is 0 Å². The van der Waals surface area contributed by atoms with Crippen LogP contribution < -0.4 is 10.2 Å². The minimum atomic E-state index is -0.250. The fourth-order valence-corrected chi connectivity index (χ4v) is 1.13. The van der Waals surface area contributed by atoms with Crippen LogP contribution in [0.5, 0.6) is 0 Å². The van der Waals surface area contributed by atoms with Crippen molar-refractivity contribution in [1.29, 1.82) is 0 Å². The smallest absolute Gasteiger partial charge is 0.0630 e. The molecule has 0 aliphatic carbocycles. The van der Waals surface area contributed by atoms with E-state index in [9.17, 15) is 0 Å². The van der Waals surface area contributed by atoms with Crippen LogP contribution >= 0.6 is 0 Å². The summed E-state index contributed by atoms with van der Waals surface area (Å²) in [5.41, 5.74) is 12.4. The summed E-state index contributed by atoms with van der Waals surface area (Å²) >= 11 is 2.27. The zero-order valence-corrected chi connectivity index (χ0v) is 20.4. The van der Waals surface area contributed by atoms with Gasteiger partial charge in [-0.05, 0) is 0 Å². The molecular weight excluding hydrogens is 350 g/mol. The fraction of sp³-hybridized carbons (Fsp3) is 0.737. The molecule has 1 N–H and O–H groups in total. The molecule has 0 saturated carbocycles. The molecule has 0 amide bonds. The molecule has 0 saturated heterocycles. The van der Waals surface area contributed by atoms with Crippen molar-refractivity contribution in [1.82, 2.24) is 0 Å². The Balaban J connectivity index is -0.000000115. The topological polar surface area (TPSA) is 69.9 Å². The molecular formula is C19H39NO2SiTi-2. The Hall–Kier alpha value is 0.161. The van der Waals surface area contributed by atoms with Crippen LogP contribution in [0.1, 0.15) is 56.9 Å². The normalized spacial score (nSPS) is 9.00. The molecule has 0 bridgehead atoms. The summed E-state index contributed by atoms with van der Waals surface area (Å²) in [7, 11) is 0. The van der Waals surface area contributed by atoms with Crippen molar-refractivity contribution in [3.8, 4) is 0 Å². The van der Waals surface area contributed by atoms with E-state index in [0.29, 0.717) is 0 Å². The molecule has 1 aromatic rings. The molecule has 1 aromatic carbocycles. The van der Waals surface area contributed by atoms with Crippen LogP contribution in [0.2, 0.25) is 13.1 Å². The monoisotopic (exact) mass is 389 g/mol. The summed E-state index contributed by atoms with van der Waals surface area (Å²) in [6.45, 7) is 21.9. The molecule has 0 fully saturated rings. The van der Waals surface area contributed by atoms with Gasteiger partial charge in [-0.25, -0.2) is 0 Å². The van der Waals surface area contributed by atoms with Gasteiger partial charge >= 0.3 is 38.5 Å². The van der Waals surface area contributed by atoms with E-state index in [1.165, 1.54) is 22.3 Å². The van der Waals surface area contributed by atoms with Gasteiger partial charge in [-0.15, -0.1) is 18.8 Å². The molecule has 1 rings (SSSR count). The standard InChI is InChI=1S/C9H13.C4H10N.2C2H5O.C2H6Si.Ti/c1-6-5-7(2)9(4)8(6)3;1-4(2,3)5;2*1-2-3;1-3-2;/h5H,1-4H3;5H,1-3H3;2*2H2,1H3;1-2H3;/q4*-1;;+2. The predicted octanol–water partition coefficient (Wildman–Crippen LogP) is 3.99. The maximum Gasteiger partial charge on any atom is -0.0630 e. The molecule has 3 nitrogen and oxygen atoms in total. The van der Waals surface area contributed by atoms with E-state index in [2.05, 4.69) is 66.0 Å². The van der Waals surface area contributed by atoms with Gasteiger partial charge in [0.2, 0.25) is 0 Å². The quantitative estimate of drug-likeness (QED) is 0.497. The van der Waals surface area contributed by atoms with Crippen molar-refractivity contribution < 1.29 is 29.4 Å². The average Bonchev–Trinajstić information content (AvgIpc) is 2.55. The maximum absolute atomic E-state index is 8.93. The van der Waals surface area contributed by atoms with Crippen molar-refractivity contribution >= 4 is 6.19 Å². The van der Waals surface area contributed by atoms with E-state index in [4.69, 9.17) is 15.9 Å². The molecule has 24 heavy (non-hydrogen) atoms. The third-order valence-corrected chi connectivity index (χ3v) is 2.18.